The molecule has 0 unspecified atom stereocenters. The van der Waals surface area contributed by atoms with Gasteiger partial charge in [-0.1, -0.05) is 6.07 Å². The molecule has 4 heterocycles. The van der Waals surface area contributed by atoms with Crippen molar-refractivity contribution in [3.05, 3.63) is 52.5 Å². The van der Waals surface area contributed by atoms with Gasteiger partial charge in [0, 0.05) is 49.2 Å². The Hall–Kier alpha value is -2.25. The highest BCUT2D eigenvalue weighted by Crippen LogP contribution is 2.22. The van der Waals surface area contributed by atoms with Gasteiger partial charge in [0.2, 0.25) is 11.8 Å². The van der Waals surface area contributed by atoms with Gasteiger partial charge in [-0.2, -0.15) is 0 Å². The molecular weight excluding hydrogens is 374 g/mol. The first-order valence-corrected chi connectivity index (χ1v) is 10.6. The van der Waals surface area contributed by atoms with E-state index >= 15 is 0 Å². The fourth-order valence-corrected chi connectivity index (χ4v) is 4.67. The molecule has 2 saturated heterocycles. The third kappa shape index (κ3) is 4.59. The average molecular weight is 400 g/mol. The van der Waals surface area contributed by atoms with Crippen LogP contribution in [0.2, 0.25) is 0 Å². The van der Waals surface area contributed by atoms with Crippen LogP contribution in [-0.2, 0) is 27.2 Å². The minimum absolute atomic E-state index is 0.0650. The number of carbonyl (C=O) groups is 2. The minimum atomic E-state index is -0.0650. The van der Waals surface area contributed by atoms with Crippen LogP contribution in [0.5, 0.6) is 0 Å². The zero-order chi connectivity index (χ0) is 19.3. The zero-order valence-electron chi connectivity index (χ0n) is 15.8. The number of carbonyl (C=O) groups excluding carboxylic acids is 2. The Balaban J connectivity index is 1.40. The van der Waals surface area contributed by atoms with E-state index in [9.17, 15) is 9.59 Å². The van der Waals surface area contributed by atoms with Gasteiger partial charge in [-0.15, -0.1) is 11.3 Å². The molecule has 0 aromatic carbocycles. The summed E-state index contributed by atoms with van der Waals surface area (Å²) in [5, 5.41) is 2.00. The number of ether oxygens (including phenoxy) is 1. The maximum absolute atomic E-state index is 12.9. The van der Waals surface area contributed by atoms with E-state index in [-0.39, 0.29) is 23.8 Å². The predicted molar refractivity (Wildman–Crippen MR) is 107 cm³/mol. The summed E-state index contributed by atoms with van der Waals surface area (Å²) >= 11 is 1.61. The lowest BCUT2D eigenvalue weighted by atomic mass is 10.1. The molecule has 2 aromatic rings. The smallest absolute Gasteiger partial charge is 0.228 e. The van der Waals surface area contributed by atoms with Crippen molar-refractivity contribution in [1.82, 2.24) is 14.8 Å². The van der Waals surface area contributed by atoms with Crippen molar-refractivity contribution in [2.45, 2.75) is 25.3 Å². The maximum atomic E-state index is 12.9. The Labute approximate surface area is 169 Å². The van der Waals surface area contributed by atoms with Gasteiger partial charge in [0.25, 0.3) is 0 Å². The number of rotatable bonds is 5. The van der Waals surface area contributed by atoms with Gasteiger partial charge in [0.1, 0.15) is 0 Å². The lowest BCUT2D eigenvalue weighted by Gasteiger charge is -2.31. The summed E-state index contributed by atoms with van der Waals surface area (Å²) in [5.74, 6) is 0.458. The number of hydrogen-bond acceptors (Lipinski definition) is 5. The second kappa shape index (κ2) is 8.84. The maximum Gasteiger partial charge on any atom is 0.228 e. The highest BCUT2D eigenvalue weighted by atomic mass is 32.1. The lowest BCUT2D eigenvalue weighted by molar-refractivity contribution is -0.136. The first-order chi connectivity index (χ1) is 13.7. The van der Waals surface area contributed by atoms with Crippen LogP contribution in [0.15, 0.2) is 42.0 Å². The molecule has 2 aliphatic heterocycles. The highest BCUT2D eigenvalue weighted by molar-refractivity contribution is 7.10. The predicted octanol–water partition coefficient (Wildman–Crippen LogP) is 2.00. The second-order valence-electron chi connectivity index (χ2n) is 7.51. The van der Waals surface area contributed by atoms with Gasteiger partial charge >= 0.3 is 0 Å². The minimum Gasteiger partial charge on any atom is -0.379 e. The van der Waals surface area contributed by atoms with Crippen LogP contribution in [0.3, 0.4) is 0 Å². The Bertz CT molecular complexity index is 796. The van der Waals surface area contributed by atoms with Crippen LogP contribution in [0.25, 0.3) is 0 Å². The van der Waals surface area contributed by atoms with Crippen LogP contribution in [-0.4, -0.2) is 65.5 Å². The average Bonchev–Trinajstić information content (AvgIpc) is 3.02. The molecule has 6 nitrogen and oxygen atoms in total. The topological polar surface area (TPSA) is 62.7 Å². The van der Waals surface area contributed by atoms with Gasteiger partial charge in [-0.05, 0) is 35.6 Å². The number of aromatic nitrogens is 1. The van der Waals surface area contributed by atoms with Crippen molar-refractivity contribution in [3.63, 3.8) is 0 Å². The number of pyridine rings is 1. The first-order valence-electron chi connectivity index (χ1n) is 9.75. The Morgan fingerprint density at radius 2 is 1.96 bits per heavy atom. The van der Waals surface area contributed by atoms with E-state index in [4.69, 9.17) is 4.74 Å². The molecule has 2 fully saturated rings. The number of amides is 2. The molecule has 0 saturated carbocycles. The molecule has 2 atom stereocenters. The van der Waals surface area contributed by atoms with Crippen molar-refractivity contribution in [1.29, 1.82) is 0 Å². The third-order valence-electron chi connectivity index (χ3n) is 5.42. The molecule has 2 aliphatic rings. The largest absolute Gasteiger partial charge is 0.379 e. The molecule has 0 aliphatic carbocycles. The fraction of sp³-hybridized carbons (Fsp3) is 0.476. The van der Waals surface area contributed by atoms with Crippen molar-refractivity contribution in [3.8, 4) is 0 Å². The summed E-state index contributed by atoms with van der Waals surface area (Å²) in [5.41, 5.74) is 1.12. The molecule has 2 aromatic heterocycles. The lowest BCUT2D eigenvalue weighted by Crippen LogP contribution is -2.48. The fourth-order valence-electron chi connectivity index (χ4n) is 3.97. The molecule has 0 N–H and O–H groups in total. The summed E-state index contributed by atoms with van der Waals surface area (Å²) in [6, 6.07) is 7.80. The normalized spacial score (nSPS) is 22.0. The van der Waals surface area contributed by atoms with E-state index in [2.05, 4.69) is 4.98 Å². The quantitative estimate of drug-likeness (QED) is 0.772. The summed E-state index contributed by atoms with van der Waals surface area (Å²) in [7, 11) is 0. The van der Waals surface area contributed by atoms with Gasteiger partial charge in [-0.3, -0.25) is 14.6 Å². The standard InChI is InChI=1S/C21H25N3O3S/c25-20(4-3-16-5-7-22-8-6-16)23-11-17-12-24(18(13-23)15-27-14-17)21(26)10-19-2-1-9-28-19/h1-2,5-9,17-18H,3-4,10-15H2/t17-,18-/m0/s1. The van der Waals surface area contributed by atoms with Crippen molar-refractivity contribution in [2.24, 2.45) is 5.92 Å². The third-order valence-corrected chi connectivity index (χ3v) is 6.30. The Kier molecular flexibility index (Phi) is 6.02. The van der Waals surface area contributed by atoms with Gasteiger partial charge in [0.15, 0.2) is 0 Å². The van der Waals surface area contributed by atoms with E-state index in [1.807, 2.05) is 39.4 Å². The van der Waals surface area contributed by atoms with Crippen LogP contribution < -0.4 is 0 Å². The van der Waals surface area contributed by atoms with E-state index in [1.54, 1.807) is 23.7 Å². The number of fused-ring (bicyclic) bond motifs is 3. The molecule has 28 heavy (non-hydrogen) atoms. The summed E-state index contributed by atoms with van der Waals surface area (Å²) < 4.78 is 5.80. The van der Waals surface area contributed by atoms with E-state index in [0.717, 1.165) is 10.4 Å². The molecule has 7 heteroatoms. The zero-order valence-corrected chi connectivity index (χ0v) is 16.6. The van der Waals surface area contributed by atoms with Crippen molar-refractivity contribution < 1.29 is 14.3 Å². The highest BCUT2D eigenvalue weighted by Gasteiger charge is 2.37. The monoisotopic (exact) mass is 399 g/mol. The van der Waals surface area contributed by atoms with Gasteiger partial charge in [0.05, 0.1) is 25.7 Å². The van der Waals surface area contributed by atoms with Gasteiger partial charge < -0.3 is 14.5 Å². The molecule has 2 bridgehead atoms. The van der Waals surface area contributed by atoms with Crippen molar-refractivity contribution >= 4 is 23.2 Å². The molecule has 148 valence electrons. The van der Waals surface area contributed by atoms with E-state index in [1.165, 1.54) is 0 Å². The molecule has 0 spiro atoms. The molecular formula is C21H25N3O3S. The summed E-state index contributed by atoms with van der Waals surface area (Å²) in [6.45, 7) is 2.99. The van der Waals surface area contributed by atoms with E-state index < -0.39 is 0 Å². The molecule has 0 radical (unpaired) electrons. The summed E-state index contributed by atoms with van der Waals surface area (Å²) in [6.07, 6.45) is 5.13. The van der Waals surface area contributed by atoms with Crippen LogP contribution in [0.4, 0.5) is 0 Å². The van der Waals surface area contributed by atoms with Crippen LogP contribution in [0, 0.1) is 5.92 Å². The van der Waals surface area contributed by atoms with Crippen molar-refractivity contribution in [2.75, 3.05) is 32.8 Å². The second-order valence-corrected chi connectivity index (χ2v) is 8.55. The van der Waals surface area contributed by atoms with E-state index in [0.29, 0.717) is 52.1 Å². The number of thiophene rings is 1. The summed E-state index contributed by atoms with van der Waals surface area (Å²) in [4.78, 5) is 34.8. The van der Waals surface area contributed by atoms with Gasteiger partial charge in [-0.25, -0.2) is 0 Å². The number of aryl methyl sites for hydroxylation is 1. The Morgan fingerprint density at radius 3 is 2.75 bits per heavy atom. The number of hydrogen-bond donors (Lipinski definition) is 0. The number of nitrogens with zero attached hydrogens (tertiary/aromatic N) is 3. The Morgan fingerprint density at radius 1 is 1.11 bits per heavy atom. The first kappa shape index (κ1) is 19.1. The van der Waals surface area contributed by atoms with Crippen LogP contribution >= 0.6 is 11.3 Å². The van der Waals surface area contributed by atoms with Crippen LogP contribution in [0.1, 0.15) is 16.9 Å². The molecule has 4 rings (SSSR count). The SMILES string of the molecule is O=C(CCc1ccncc1)N1C[C@@H]2COC[C@H](C1)N(C(=O)Cc1cccs1)C2. The molecule has 2 amide bonds.